The van der Waals surface area contributed by atoms with Gasteiger partial charge >= 0.3 is 0 Å². The van der Waals surface area contributed by atoms with E-state index in [1.807, 2.05) is 6.07 Å². The SMILES string of the molecule is C[C@@H](C=O)C(=O)c1ccccc1. The fourth-order valence-electron chi connectivity index (χ4n) is 0.927. The maximum Gasteiger partial charge on any atom is 0.172 e. The van der Waals surface area contributed by atoms with Gasteiger partial charge in [0.1, 0.15) is 6.29 Å². The molecule has 2 nitrogen and oxygen atoms in total. The predicted octanol–water partition coefficient (Wildman–Crippen LogP) is 1.70. The van der Waals surface area contributed by atoms with E-state index >= 15 is 0 Å². The average Bonchev–Trinajstić information content (AvgIpc) is 2.17. The summed E-state index contributed by atoms with van der Waals surface area (Å²) >= 11 is 0. The molecular weight excluding hydrogens is 152 g/mol. The lowest BCUT2D eigenvalue weighted by Crippen LogP contribution is -2.11. The Morgan fingerprint density at radius 1 is 1.33 bits per heavy atom. The Labute approximate surface area is 71.2 Å². The molecule has 0 N–H and O–H groups in total. The van der Waals surface area contributed by atoms with Crippen molar-refractivity contribution in [2.24, 2.45) is 5.92 Å². The number of aldehydes is 1. The highest BCUT2D eigenvalue weighted by Gasteiger charge is 2.12. The van der Waals surface area contributed by atoms with E-state index < -0.39 is 5.92 Å². The first-order valence-electron chi connectivity index (χ1n) is 3.80. The normalized spacial score (nSPS) is 12.1. The second-order valence-corrected chi connectivity index (χ2v) is 2.66. The molecule has 0 radical (unpaired) electrons. The Bertz CT molecular complexity index is 277. The van der Waals surface area contributed by atoms with Crippen molar-refractivity contribution < 1.29 is 9.59 Å². The molecule has 1 aromatic carbocycles. The van der Waals surface area contributed by atoms with Crippen molar-refractivity contribution in [1.29, 1.82) is 0 Å². The van der Waals surface area contributed by atoms with Gasteiger partial charge in [0.05, 0.1) is 5.92 Å². The Morgan fingerprint density at radius 2 is 1.92 bits per heavy atom. The quantitative estimate of drug-likeness (QED) is 0.385. The maximum absolute atomic E-state index is 11.3. The standard InChI is InChI=1S/C10H10O2/c1-8(7-11)10(12)9-5-3-2-4-6-9/h2-8H,1H3/t8-/m0/s1. The lowest BCUT2D eigenvalue weighted by Gasteiger charge is -2.01. The summed E-state index contributed by atoms with van der Waals surface area (Å²) in [5, 5.41) is 0. The molecule has 0 fully saturated rings. The monoisotopic (exact) mass is 162 g/mol. The van der Waals surface area contributed by atoms with Gasteiger partial charge in [0.2, 0.25) is 0 Å². The minimum absolute atomic E-state index is 0.120. The number of hydrogen-bond acceptors (Lipinski definition) is 2. The van der Waals surface area contributed by atoms with Gasteiger partial charge in [-0.25, -0.2) is 0 Å². The van der Waals surface area contributed by atoms with E-state index in [4.69, 9.17) is 0 Å². The van der Waals surface area contributed by atoms with Crippen LogP contribution in [-0.2, 0) is 4.79 Å². The smallest absolute Gasteiger partial charge is 0.172 e. The minimum atomic E-state index is -0.535. The minimum Gasteiger partial charge on any atom is -0.303 e. The van der Waals surface area contributed by atoms with Crippen molar-refractivity contribution in [3.63, 3.8) is 0 Å². The second kappa shape index (κ2) is 3.81. The largest absolute Gasteiger partial charge is 0.303 e. The Balaban J connectivity index is 2.85. The Hall–Kier alpha value is -1.44. The molecule has 0 saturated carbocycles. The number of rotatable bonds is 3. The molecule has 62 valence electrons. The third-order valence-corrected chi connectivity index (χ3v) is 1.68. The van der Waals surface area contributed by atoms with Crippen molar-refractivity contribution in [2.75, 3.05) is 0 Å². The van der Waals surface area contributed by atoms with Crippen LogP contribution in [0.4, 0.5) is 0 Å². The Kier molecular flexibility index (Phi) is 2.75. The van der Waals surface area contributed by atoms with Crippen molar-refractivity contribution in [2.45, 2.75) is 6.92 Å². The van der Waals surface area contributed by atoms with Gasteiger partial charge in [-0.05, 0) is 6.92 Å². The second-order valence-electron chi connectivity index (χ2n) is 2.66. The number of carbonyl (C=O) groups is 2. The first kappa shape index (κ1) is 8.65. The zero-order valence-electron chi connectivity index (χ0n) is 6.86. The van der Waals surface area contributed by atoms with E-state index in [9.17, 15) is 9.59 Å². The molecule has 0 aromatic heterocycles. The fraction of sp³-hybridized carbons (Fsp3) is 0.200. The lowest BCUT2D eigenvalue weighted by atomic mass is 10.0. The highest BCUT2D eigenvalue weighted by atomic mass is 16.1. The van der Waals surface area contributed by atoms with Gasteiger partial charge in [-0.15, -0.1) is 0 Å². The molecule has 1 rings (SSSR count). The molecule has 0 aliphatic rings. The van der Waals surface area contributed by atoms with Crippen molar-refractivity contribution in [1.82, 2.24) is 0 Å². The molecule has 0 aliphatic heterocycles. The number of ketones is 1. The molecule has 12 heavy (non-hydrogen) atoms. The van der Waals surface area contributed by atoms with Gasteiger partial charge in [-0.1, -0.05) is 30.3 Å². The van der Waals surface area contributed by atoms with Crippen LogP contribution in [-0.4, -0.2) is 12.1 Å². The summed E-state index contributed by atoms with van der Waals surface area (Å²) in [4.78, 5) is 21.6. The van der Waals surface area contributed by atoms with Crippen LogP contribution in [0.3, 0.4) is 0 Å². The predicted molar refractivity (Wildman–Crippen MR) is 46.0 cm³/mol. The highest BCUT2D eigenvalue weighted by molar-refractivity contribution is 6.04. The molecule has 0 unspecified atom stereocenters. The Morgan fingerprint density at radius 3 is 2.42 bits per heavy atom. The van der Waals surface area contributed by atoms with Gasteiger partial charge in [0.15, 0.2) is 5.78 Å². The first-order valence-corrected chi connectivity index (χ1v) is 3.80. The molecule has 0 amide bonds. The zero-order valence-corrected chi connectivity index (χ0v) is 6.86. The summed E-state index contributed by atoms with van der Waals surface area (Å²) in [5.74, 6) is -0.655. The first-order chi connectivity index (χ1) is 5.75. The van der Waals surface area contributed by atoms with Crippen LogP contribution in [0.5, 0.6) is 0 Å². The van der Waals surface area contributed by atoms with Crippen molar-refractivity contribution in [3.8, 4) is 0 Å². The van der Waals surface area contributed by atoms with E-state index in [1.165, 1.54) is 0 Å². The summed E-state index contributed by atoms with van der Waals surface area (Å²) < 4.78 is 0. The number of benzene rings is 1. The van der Waals surface area contributed by atoms with E-state index in [-0.39, 0.29) is 5.78 Å². The van der Waals surface area contributed by atoms with E-state index in [0.717, 1.165) is 0 Å². The molecule has 0 bridgehead atoms. The molecule has 1 atom stereocenters. The summed E-state index contributed by atoms with van der Waals surface area (Å²) in [6.07, 6.45) is 0.662. The molecule has 0 spiro atoms. The highest BCUT2D eigenvalue weighted by Crippen LogP contribution is 2.05. The molecule has 0 saturated heterocycles. The number of hydrogen-bond donors (Lipinski definition) is 0. The van der Waals surface area contributed by atoms with Crippen LogP contribution in [0.2, 0.25) is 0 Å². The summed E-state index contributed by atoms with van der Waals surface area (Å²) in [6, 6.07) is 8.82. The van der Waals surface area contributed by atoms with Crippen molar-refractivity contribution in [3.05, 3.63) is 35.9 Å². The molecule has 1 aromatic rings. The molecule has 0 aliphatic carbocycles. The molecule has 2 heteroatoms. The zero-order chi connectivity index (χ0) is 8.97. The average molecular weight is 162 g/mol. The van der Waals surface area contributed by atoms with Crippen LogP contribution < -0.4 is 0 Å². The fourth-order valence-corrected chi connectivity index (χ4v) is 0.927. The molecular formula is C10H10O2. The van der Waals surface area contributed by atoms with Crippen LogP contribution in [0.25, 0.3) is 0 Å². The van der Waals surface area contributed by atoms with Crippen molar-refractivity contribution >= 4 is 12.1 Å². The van der Waals surface area contributed by atoms with E-state index in [0.29, 0.717) is 11.8 Å². The van der Waals surface area contributed by atoms with Gasteiger partial charge in [-0.3, -0.25) is 4.79 Å². The maximum atomic E-state index is 11.3. The van der Waals surface area contributed by atoms with E-state index in [1.54, 1.807) is 31.2 Å². The van der Waals surface area contributed by atoms with Crippen LogP contribution in [0, 0.1) is 5.92 Å². The van der Waals surface area contributed by atoms with Crippen LogP contribution in [0.15, 0.2) is 30.3 Å². The summed E-state index contributed by atoms with van der Waals surface area (Å²) in [7, 11) is 0. The van der Waals surface area contributed by atoms with Crippen LogP contribution >= 0.6 is 0 Å². The number of carbonyl (C=O) groups excluding carboxylic acids is 2. The number of Topliss-reactive ketones (excluding diaryl/α,β-unsaturated/α-hetero) is 1. The third-order valence-electron chi connectivity index (χ3n) is 1.68. The van der Waals surface area contributed by atoms with Gasteiger partial charge in [-0.2, -0.15) is 0 Å². The van der Waals surface area contributed by atoms with Gasteiger partial charge in [0.25, 0.3) is 0 Å². The van der Waals surface area contributed by atoms with Gasteiger partial charge < -0.3 is 4.79 Å². The third kappa shape index (κ3) is 1.78. The summed E-state index contributed by atoms with van der Waals surface area (Å²) in [6.45, 7) is 1.60. The molecule has 0 heterocycles. The lowest BCUT2D eigenvalue weighted by molar-refractivity contribution is -0.109. The van der Waals surface area contributed by atoms with E-state index in [2.05, 4.69) is 0 Å². The van der Waals surface area contributed by atoms with Gasteiger partial charge in [0, 0.05) is 5.56 Å². The topological polar surface area (TPSA) is 34.1 Å². The van der Waals surface area contributed by atoms with Crippen LogP contribution in [0.1, 0.15) is 17.3 Å². The summed E-state index contributed by atoms with van der Waals surface area (Å²) in [5.41, 5.74) is 0.595.